The summed E-state index contributed by atoms with van der Waals surface area (Å²) in [7, 11) is 0. The summed E-state index contributed by atoms with van der Waals surface area (Å²) in [5.74, 6) is 1.67. The molecular weight excluding hydrogens is 256 g/mol. The number of rotatable bonds is 9. The molecule has 0 heterocycles. The van der Waals surface area contributed by atoms with E-state index in [1.54, 1.807) is 6.92 Å². The lowest BCUT2D eigenvalue weighted by Crippen LogP contribution is -1.97. The van der Waals surface area contributed by atoms with E-state index in [0.717, 1.165) is 30.1 Å². The fourth-order valence-electron chi connectivity index (χ4n) is 1.76. The molecule has 0 aliphatic heterocycles. The van der Waals surface area contributed by atoms with Gasteiger partial charge in [-0.25, -0.2) is 0 Å². The Morgan fingerprint density at radius 2 is 1.79 bits per heavy atom. The maximum atomic E-state index is 10.9. The van der Waals surface area contributed by atoms with Crippen LogP contribution in [0.5, 0.6) is 5.75 Å². The minimum Gasteiger partial charge on any atom is -0.494 e. The lowest BCUT2D eigenvalue weighted by atomic mass is 10.2. The van der Waals surface area contributed by atoms with E-state index < -0.39 is 0 Å². The summed E-state index contributed by atoms with van der Waals surface area (Å²) in [4.78, 5) is 10.9. The second-order valence-electron chi connectivity index (χ2n) is 4.69. The molecule has 0 bridgehead atoms. The van der Waals surface area contributed by atoms with E-state index >= 15 is 0 Å². The third kappa shape index (κ3) is 7.93. The van der Waals surface area contributed by atoms with Crippen molar-refractivity contribution in [2.75, 3.05) is 6.61 Å². The molecule has 0 unspecified atom stereocenters. The van der Waals surface area contributed by atoms with Crippen LogP contribution >= 0.6 is 11.8 Å². The zero-order chi connectivity index (χ0) is 13.9. The van der Waals surface area contributed by atoms with Crippen molar-refractivity contribution in [3.8, 4) is 5.75 Å². The van der Waals surface area contributed by atoms with E-state index in [1.165, 1.54) is 37.4 Å². The van der Waals surface area contributed by atoms with Crippen LogP contribution in [-0.4, -0.2) is 11.7 Å². The zero-order valence-corrected chi connectivity index (χ0v) is 12.8. The van der Waals surface area contributed by atoms with Crippen LogP contribution in [0.15, 0.2) is 24.3 Å². The molecule has 0 aliphatic carbocycles. The van der Waals surface area contributed by atoms with E-state index in [9.17, 15) is 4.79 Å². The summed E-state index contributed by atoms with van der Waals surface area (Å²) in [6, 6.07) is 8.04. The number of carbonyl (C=O) groups excluding carboxylic acids is 1. The number of hydrogen-bond donors (Lipinski definition) is 0. The fraction of sp³-hybridized carbons (Fsp3) is 0.562. The molecule has 0 saturated carbocycles. The van der Waals surface area contributed by atoms with Crippen molar-refractivity contribution < 1.29 is 9.53 Å². The Labute approximate surface area is 120 Å². The maximum absolute atomic E-state index is 10.9. The highest BCUT2D eigenvalue weighted by molar-refractivity contribution is 8.12. The first-order valence-electron chi connectivity index (χ1n) is 7.07. The average Bonchev–Trinajstić information content (AvgIpc) is 2.41. The van der Waals surface area contributed by atoms with Crippen LogP contribution in [0, 0.1) is 0 Å². The van der Waals surface area contributed by atoms with Crippen molar-refractivity contribution in [1.29, 1.82) is 0 Å². The molecule has 0 aromatic heterocycles. The topological polar surface area (TPSA) is 26.3 Å². The molecule has 0 N–H and O–H groups in total. The molecule has 1 aromatic rings. The van der Waals surface area contributed by atoms with Crippen molar-refractivity contribution in [1.82, 2.24) is 0 Å². The summed E-state index contributed by atoms with van der Waals surface area (Å²) in [5.41, 5.74) is 1.16. The first kappa shape index (κ1) is 16.1. The molecule has 0 spiro atoms. The standard InChI is InChI=1S/C16H24O2S/c1-3-4-5-6-7-12-18-16-10-8-15(9-11-16)13-19-14(2)17/h8-11H,3-7,12-13H2,1-2H3. The molecule has 1 rings (SSSR count). The molecule has 2 nitrogen and oxygen atoms in total. The molecule has 0 saturated heterocycles. The highest BCUT2D eigenvalue weighted by Crippen LogP contribution is 2.17. The largest absolute Gasteiger partial charge is 0.494 e. The van der Waals surface area contributed by atoms with Crippen molar-refractivity contribution in [2.45, 2.75) is 51.7 Å². The summed E-state index contributed by atoms with van der Waals surface area (Å²) < 4.78 is 5.69. The maximum Gasteiger partial charge on any atom is 0.186 e. The molecular formula is C16H24O2S. The Morgan fingerprint density at radius 3 is 2.42 bits per heavy atom. The molecule has 1 aromatic carbocycles. The van der Waals surface area contributed by atoms with Gasteiger partial charge in [0.15, 0.2) is 5.12 Å². The third-order valence-electron chi connectivity index (χ3n) is 2.88. The number of benzene rings is 1. The highest BCUT2D eigenvalue weighted by atomic mass is 32.2. The smallest absolute Gasteiger partial charge is 0.186 e. The minimum absolute atomic E-state index is 0.160. The number of thioether (sulfide) groups is 1. The lowest BCUT2D eigenvalue weighted by Gasteiger charge is -2.07. The normalized spacial score (nSPS) is 10.4. The molecule has 106 valence electrons. The van der Waals surface area contributed by atoms with Crippen LogP contribution in [0.1, 0.15) is 51.5 Å². The molecule has 0 atom stereocenters. The number of unbranched alkanes of at least 4 members (excludes halogenated alkanes) is 4. The van der Waals surface area contributed by atoms with Crippen molar-refractivity contribution in [3.63, 3.8) is 0 Å². The van der Waals surface area contributed by atoms with Gasteiger partial charge in [0.05, 0.1) is 6.61 Å². The van der Waals surface area contributed by atoms with Crippen LogP contribution in [0.3, 0.4) is 0 Å². The third-order valence-corrected chi connectivity index (χ3v) is 3.77. The molecule has 0 fully saturated rings. The number of ether oxygens (including phenoxy) is 1. The van der Waals surface area contributed by atoms with Gasteiger partial charge in [-0.3, -0.25) is 4.79 Å². The summed E-state index contributed by atoms with van der Waals surface area (Å²) in [5, 5.41) is 0.160. The predicted octanol–water partition coefficient (Wildman–Crippen LogP) is 4.82. The zero-order valence-electron chi connectivity index (χ0n) is 12.0. The van der Waals surface area contributed by atoms with E-state index in [2.05, 4.69) is 6.92 Å². The molecule has 0 amide bonds. The number of hydrogen-bond acceptors (Lipinski definition) is 3. The molecule has 0 aliphatic rings. The van der Waals surface area contributed by atoms with Crippen molar-refractivity contribution in [3.05, 3.63) is 29.8 Å². The first-order chi connectivity index (χ1) is 9.22. The highest BCUT2D eigenvalue weighted by Gasteiger charge is 1.98. The van der Waals surface area contributed by atoms with Gasteiger partial charge in [-0.2, -0.15) is 0 Å². The Bertz CT molecular complexity index is 360. The summed E-state index contributed by atoms with van der Waals surface area (Å²) in [6.07, 6.45) is 6.29. The van der Waals surface area contributed by atoms with Gasteiger partial charge in [-0.15, -0.1) is 0 Å². The van der Waals surface area contributed by atoms with Crippen LogP contribution < -0.4 is 4.74 Å². The Hall–Kier alpha value is -0.960. The van der Waals surface area contributed by atoms with E-state index in [4.69, 9.17) is 4.74 Å². The predicted molar refractivity (Wildman–Crippen MR) is 82.7 cm³/mol. The molecule has 19 heavy (non-hydrogen) atoms. The Balaban J connectivity index is 2.19. The van der Waals surface area contributed by atoms with Gasteiger partial charge in [0.1, 0.15) is 5.75 Å². The van der Waals surface area contributed by atoms with Crippen LogP contribution in [0.25, 0.3) is 0 Å². The second kappa shape index (κ2) is 9.90. The van der Waals surface area contributed by atoms with Crippen molar-refractivity contribution >= 4 is 16.9 Å². The SMILES string of the molecule is CCCCCCCOc1ccc(CSC(C)=O)cc1. The summed E-state index contributed by atoms with van der Waals surface area (Å²) >= 11 is 1.34. The van der Waals surface area contributed by atoms with E-state index in [-0.39, 0.29) is 5.12 Å². The van der Waals surface area contributed by atoms with E-state index in [0.29, 0.717) is 0 Å². The van der Waals surface area contributed by atoms with Gasteiger partial charge in [0.2, 0.25) is 0 Å². The van der Waals surface area contributed by atoms with Gasteiger partial charge >= 0.3 is 0 Å². The monoisotopic (exact) mass is 280 g/mol. The average molecular weight is 280 g/mol. The number of carbonyl (C=O) groups is 1. The van der Waals surface area contributed by atoms with E-state index in [1.807, 2.05) is 24.3 Å². The Kier molecular flexibility index (Phi) is 8.39. The van der Waals surface area contributed by atoms with Crippen LogP contribution in [-0.2, 0) is 10.5 Å². The van der Waals surface area contributed by atoms with Crippen LogP contribution in [0.4, 0.5) is 0 Å². The van der Waals surface area contributed by atoms with Gasteiger partial charge < -0.3 is 4.74 Å². The molecule has 3 heteroatoms. The second-order valence-corrected chi connectivity index (χ2v) is 5.84. The van der Waals surface area contributed by atoms with Crippen molar-refractivity contribution in [2.24, 2.45) is 0 Å². The van der Waals surface area contributed by atoms with Crippen LogP contribution in [0.2, 0.25) is 0 Å². The van der Waals surface area contributed by atoms with Gasteiger partial charge in [0.25, 0.3) is 0 Å². The molecule has 0 radical (unpaired) electrons. The minimum atomic E-state index is 0.160. The fourth-order valence-corrected chi connectivity index (χ4v) is 2.32. The summed E-state index contributed by atoms with van der Waals surface area (Å²) in [6.45, 7) is 4.62. The first-order valence-corrected chi connectivity index (χ1v) is 8.06. The quantitative estimate of drug-likeness (QED) is 0.607. The van der Waals surface area contributed by atoms with Gasteiger partial charge in [-0.05, 0) is 24.1 Å². The lowest BCUT2D eigenvalue weighted by molar-refractivity contribution is -0.109. The van der Waals surface area contributed by atoms with Gasteiger partial charge in [0, 0.05) is 12.7 Å². The Morgan fingerprint density at radius 1 is 1.11 bits per heavy atom. The van der Waals surface area contributed by atoms with Gasteiger partial charge in [-0.1, -0.05) is 56.5 Å².